The van der Waals surface area contributed by atoms with Gasteiger partial charge < -0.3 is 25.3 Å². The molecule has 24 heteroatoms. The van der Waals surface area contributed by atoms with Crippen LogP contribution in [0.2, 0.25) is 0 Å². The minimum atomic E-state index is -6.12. The first-order valence-corrected chi connectivity index (χ1v) is 35.6. The van der Waals surface area contributed by atoms with E-state index >= 15 is 0 Å². The first kappa shape index (κ1) is 65.2. The molecule has 4 heterocycles. The van der Waals surface area contributed by atoms with E-state index in [2.05, 4.69) is 56.3 Å². The zero-order valence-corrected chi connectivity index (χ0v) is 53.9. The number of imide groups is 2. The van der Waals surface area contributed by atoms with Gasteiger partial charge in [-0.15, -0.1) is 11.8 Å². The maximum atomic E-state index is 14.5. The zero-order chi connectivity index (χ0) is 63.8. The number of benzene rings is 4. The van der Waals surface area contributed by atoms with Crippen molar-refractivity contribution in [1.29, 1.82) is 0 Å². The van der Waals surface area contributed by atoms with Crippen molar-refractivity contribution in [3.63, 3.8) is 0 Å². The highest BCUT2D eigenvalue weighted by Crippen LogP contribution is 2.79. The number of alkyl halides is 3. The van der Waals surface area contributed by atoms with Gasteiger partial charge in [-0.05, 0) is 154 Å². The Hall–Kier alpha value is -6.31. The van der Waals surface area contributed by atoms with Crippen LogP contribution in [-0.4, -0.2) is 168 Å². The topological polar surface area (TPSA) is 218 Å². The van der Waals surface area contributed by atoms with E-state index in [0.29, 0.717) is 66.4 Å². The van der Waals surface area contributed by atoms with Crippen LogP contribution in [0.25, 0.3) is 0 Å². The molecule has 5 amide bonds. The molecule has 2 unspecified atom stereocenters. The number of thioether (sulfide) groups is 1. The second-order valence-corrected chi connectivity index (χ2v) is 31.2. The van der Waals surface area contributed by atoms with Gasteiger partial charge in [0.1, 0.15) is 10.9 Å². The van der Waals surface area contributed by atoms with E-state index in [1.807, 2.05) is 35.1 Å². The van der Waals surface area contributed by atoms with Crippen molar-refractivity contribution in [2.75, 3.05) is 99.8 Å². The highest BCUT2D eigenvalue weighted by atomic mass is 32.2. The summed E-state index contributed by atoms with van der Waals surface area (Å²) >= 11 is 1.44. The molecule has 90 heavy (non-hydrogen) atoms. The van der Waals surface area contributed by atoms with E-state index in [0.717, 1.165) is 106 Å². The normalized spacial score (nSPS) is 23.6. The molecule has 2 atom stereocenters. The van der Waals surface area contributed by atoms with Crippen LogP contribution >= 0.6 is 11.8 Å². The lowest BCUT2D eigenvalue weighted by molar-refractivity contribution is -0.182. The lowest BCUT2D eigenvalue weighted by Crippen LogP contribution is -2.63. The van der Waals surface area contributed by atoms with Crippen LogP contribution < -0.4 is 25.6 Å². The molecule has 4 aliphatic heterocycles. The third-order valence-electron chi connectivity index (χ3n) is 19.8. The molecule has 4 aromatic carbocycles. The molecule has 484 valence electrons. The van der Waals surface area contributed by atoms with Crippen LogP contribution in [0, 0.1) is 16.2 Å². The SMILES string of the molecule is CCC12CC(C3=C(CN4CCN(c5ccc(C(=O)NS(=O)(=O)c6ccc(NC(CCN7CCN(CCCCCNc8cccc9c8C(=O)N(C8CCC(=O)NC8=O)C9=O)CC7)CSc7ccccc7)c(S(=O)(=O)C(F)(F)F)c6)cc5)CC4)CCC(C)(C)C3)(C1)C2. The number of hydrogen-bond donors (Lipinski definition) is 4. The van der Waals surface area contributed by atoms with E-state index in [1.54, 1.807) is 41.5 Å². The molecule has 4 aliphatic carbocycles. The Kier molecular flexibility index (Phi) is 19.1. The Morgan fingerprint density at radius 2 is 1.46 bits per heavy atom. The van der Waals surface area contributed by atoms with Crippen LogP contribution in [0.15, 0.2) is 117 Å². The maximum absolute atomic E-state index is 14.5. The number of carbonyl (C=O) groups excluding carboxylic acids is 5. The first-order chi connectivity index (χ1) is 42.9. The molecule has 0 radical (unpaired) electrons. The number of rotatable bonds is 25. The summed E-state index contributed by atoms with van der Waals surface area (Å²) in [6.45, 7) is 16.3. The number of amides is 5. The third-order valence-corrected chi connectivity index (χ3v) is 23.9. The summed E-state index contributed by atoms with van der Waals surface area (Å²) in [5, 5.41) is 8.57. The molecular formula is C66H82F3N9O9S3. The van der Waals surface area contributed by atoms with E-state index in [4.69, 9.17) is 0 Å². The Morgan fingerprint density at radius 1 is 0.767 bits per heavy atom. The van der Waals surface area contributed by atoms with Gasteiger partial charge in [-0.1, -0.05) is 69.0 Å². The number of hydrogen-bond acceptors (Lipinski definition) is 16. The number of sulfone groups is 1. The summed E-state index contributed by atoms with van der Waals surface area (Å²) in [4.78, 5) is 73.7. The predicted molar refractivity (Wildman–Crippen MR) is 341 cm³/mol. The average Bonchev–Trinajstić information content (AvgIpc) is 0.793. The summed E-state index contributed by atoms with van der Waals surface area (Å²) in [7, 11) is -11.0. The van der Waals surface area contributed by atoms with Crippen molar-refractivity contribution >= 4 is 78.2 Å². The fourth-order valence-electron chi connectivity index (χ4n) is 14.6. The van der Waals surface area contributed by atoms with Gasteiger partial charge in [0.15, 0.2) is 0 Å². The number of unbranched alkanes of at least 4 members (excludes halogenated alkanes) is 2. The second kappa shape index (κ2) is 26.4. The Bertz CT molecular complexity index is 3630. The fraction of sp³-hybridized carbons (Fsp3) is 0.530. The molecule has 0 spiro atoms. The Labute approximate surface area is 530 Å². The molecule has 8 aliphatic rings. The number of allylic oxidation sites excluding steroid dienone is 1. The Morgan fingerprint density at radius 3 is 2.13 bits per heavy atom. The van der Waals surface area contributed by atoms with Gasteiger partial charge in [0, 0.05) is 112 Å². The summed E-state index contributed by atoms with van der Waals surface area (Å²) in [6.07, 6.45) is 11.9. The van der Waals surface area contributed by atoms with Crippen LogP contribution in [0.3, 0.4) is 0 Å². The lowest BCUT2D eigenvalue weighted by Gasteiger charge is -2.73. The van der Waals surface area contributed by atoms with Crippen molar-refractivity contribution < 1.29 is 54.0 Å². The number of nitrogens with one attached hydrogen (secondary N) is 4. The lowest BCUT2D eigenvalue weighted by atomic mass is 9.31. The molecule has 3 saturated heterocycles. The Balaban J connectivity index is 0.667. The standard InChI is InChI=1S/C66H82F3N9O9S3/c1-4-64-42-65(43-64,44-64)52-39-63(2,3)26-24-46(52)40-76-34-36-77(37-35-76)48-18-16-45(17-19-48)59(80)73-90(86,87)50-20-21-53(56(38-50)89(84,85)66(67,68)69)71-47(41-88-49-12-7-5-8-13-49)25-29-75-32-30-74(31-33-75)28-10-6-9-27-70-54-15-11-14-51-58(54)62(83)78(61(51)82)55-22-23-57(79)72-60(55)81/h5,7-8,11-21,38,47,55,70-71H,4,6,9-10,22-37,39-44H2,1-3H3,(H,73,80)(H,72,79,81). The minimum Gasteiger partial charge on any atom is -0.384 e. The average molecular weight is 1300 g/mol. The fourth-order valence-corrected chi connectivity index (χ4v) is 17.6. The number of halogens is 3. The molecule has 12 rings (SSSR count). The molecular weight excluding hydrogens is 1220 g/mol. The first-order valence-electron chi connectivity index (χ1n) is 31.6. The predicted octanol–water partition coefficient (Wildman–Crippen LogP) is 9.57. The van der Waals surface area contributed by atoms with Crippen molar-refractivity contribution in [2.24, 2.45) is 16.2 Å². The van der Waals surface area contributed by atoms with E-state index in [1.165, 1.54) is 62.4 Å². The van der Waals surface area contributed by atoms with Crippen molar-refractivity contribution in [1.82, 2.24) is 29.6 Å². The number of sulfonamides is 1. The molecule has 4 aromatic rings. The molecule has 0 aromatic heterocycles. The number of carbonyl (C=O) groups is 5. The van der Waals surface area contributed by atoms with Crippen LogP contribution in [0.4, 0.5) is 30.2 Å². The quantitative estimate of drug-likeness (QED) is 0.0210. The summed E-state index contributed by atoms with van der Waals surface area (Å²) in [5.41, 5.74) is 0.333. The van der Waals surface area contributed by atoms with Crippen LogP contribution in [0.5, 0.6) is 0 Å². The molecule has 4 N–H and O–H groups in total. The molecule has 18 nitrogen and oxygen atoms in total. The molecule has 2 bridgehead atoms. The smallest absolute Gasteiger partial charge is 0.384 e. The van der Waals surface area contributed by atoms with Crippen molar-refractivity contribution in [2.45, 2.75) is 137 Å². The maximum Gasteiger partial charge on any atom is 0.501 e. The number of nitrogens with zero attached hydrogens (tertiary/aromatic N) is 5. The number of piperazine rings is 2. The van der Waals surface area contributed by atoms with Crippen molar-refractivity contribution in [3.8, 4) is 0 Å². The second-order valence-electron chi connectivity index (χ2n) is 26.5. The van der Waals surface area contributed by atoms with Gasteiger partial charge in [0.05, 0.1) is 21.7 Å². The van der Waals surface area contributed by atoms with Crippen molar-refractivity contribution in [3.05, 3.63) is 119 Å². The van der Waals surface area contributed by atoms with Gasteiger partial charge in [-0.2, -0.15) is 13.2 Å². The third kappa shape index (κ3) is 14.0. The minimum absolute atomic E-state index is 0.0000968. The summed E-state index contributed by atoms with van der Waals surface area (Å²) in [6, 6.07) is 21.7. The number of fused-ring (bicyclic) bond motifs is 1. The van der Waals surface area contributed by atoms with Gasteiger partial charge in [0.2, 0.25) is 11.8 Å². The summed E-state index contributed by atoms with van der Waals surface area (Å²) in [5.74, 6) is -2.94. The molecule has 3 saturated carbocycles. The van der Waals surface area contributed by atoms with Crippen LogP contribution in [-0.2, 0) is 29.4 Å². The van der Waals surface area contributed by atoms with Gasteiger partial charge in [0.25, 0.3) is 37.6 Å². The van der Waals surface area contributed by atoms with Gasteiger partial charge >= 0.3 is 5.51 Å². The van der Waals surface area contributed by atoms with E-state index in [-0.39, 0.29) is 29.5 Å². The van der Waals surface area contributed by atoms with Gasteiger partial charge in [-0.3, -0.25) is 39.1 Å². The van der Waals surface area contributed by atoms with E-state index in [9.17, 15) is 54.0 Å². The zero-order valence-electron chi connectivity index (χ0n) is 51.5. The highest BCUT2D eigenvalue weighted by molar-refractivity contribution is 7.99. The largest absolute Gasteiger partial charge is 0.501 e. The number of piperidine rings is 1. The van der Waals surface area contributed by atoms with E-state index < -0.39 is 82.5 Å². The molecule has 6 fully saturated rings. The monoisotopic (exact) mass is 1300 g/mol. The van der Waals surface area contributed by atoms with Gasteiger partial charge in [-0.25, -0.2) is 21.6 Å². The summed E-state index contributed by atoms with van der Waals surface area (Å²) < 4.78 is 99.9. The highest BCUT2D eigenvalue weighted by Gasteiger charge is 2.68. The number of anilines is 3. The van der Waals surface area contributed by atoms with Crippen LogP contribution in [0.1, 0.15) is 135 Å².